The Morgan fingerprint density at radius 1 is 1.32 bits per heavy atom. The van der Waals surface area contributed by atoms with E-state index in [9.17, 15) is 4.79 Å². The molecule has 4 heteroatoms. The molecule has 0 radical (unpaired) electrons. The van der Waals surface area contributed by atoms with Crippen LogP contribution >= 0.6 is 0 Å². The minimum Gasteiger partial charge on any atom is -0.478 e. The van der Waals surface area contributed by atoms with E-state index in [0.29, 0.717) is 12.4 Å². The molecule has 2 aromatic rings. The van der Waals surface area contributed by atoms with Gasteiger partial charge in [-0.25, -0.2) is 9.78 Å². The second-order valence-electron chi connectivity index (χ2n) is 4.55. The summed E-state index contributed by atoms with van der Waals surface area (Å²) in [6.07, 6.45) is 1.52. The van der Waals surface area contributed by atoms with E-state index >= 15 is 0 Å². The first-order chi connectivity index (χ1) is 9.06. The van der Waals surface area contributed by atoms with Crippen LogP contribution in [0.3, 0.4) is 0 Å². The molecule has 1 aromatic carbocycles. The number of aromatic carboxylic acids is 1. The summed E-state index contributed by atoms with van der Waals surface area (Å²) in [6, 6.07) is 11.3. The number of aryl methyl sites for hydroxylation is 1. The summed E-state index contributed by atoms with van der Waals surface area (Å²) in [7, 11) is 1.90. The Morgan fingerprint density at radius 2 is 2.11 bits per heavy atom. The standard InChI is InChI=1S/C15H16N2O2/c1-11-4-3-5-12(8-11)10-17(2)14-9-13(15(18)19)6-7-16-14/h3-9H,10H2,1-2H3,(H,18,19). The number of benzene rings is 1. The van der Waals surface area contributed by atoms with Crippen molar-refractivity contribution in [3.05, 3.63) is 59.3 Å². The Labute approximate surface area is 112 Å². The molecule has 0 spiro atoms. The van der Waals surface area contributed by atoms with Gasteiger partial charge >= 0.3 is 5.97 Å². The van der Waals surface area contributed by atoms with E-state index < -0.39 is 5.97 Å². The van der Waals surface area contributed by atoms with Gasteiger partial charge in [0.2, 0.25) is 0 Å². The molecule has 0 saturated heterocycles. The third kappa shape index (κ3) is 3.31. The zero-order chi connectivity index (χ0) is 13.8. The highest BCUT2D eigenvalue weighted by Gasteiger charge is 2.08. The summed E-state index contributed by atoms with van der Waals surface area (Å²) in [4.78, 5) is 17.1. The fraction of sp³-hybridized carbons (Fsp3) is 0.200. The number of hydrogen-bond acceptors (Lipinski definition) is 3. The molecule has 1 N–H and O–H groups in total. The molecule has 1 aromatic heterocycles. The van der Waals surface area contributed by atoms with Gasteiger partial charge in [0.05, 0.1) is 5.56 Å². The fourth-order valence-electron chi connectivity index (χ4n) is 1.93. The Hall–Kier alpha value is -2.36. The van der Waals surface area contributed by atoms with E-state index in [-0.39, 0.29) is 5.56 Å². The molecular weight excluding hydrogens is 240 g/mol. The van der Waals surface area contributed by atoms with Gasteiger partial charge in [-0.2, -0.15) is 0 Å². The molecule has 0 amide bonds. The average Bonchev–Trinajstić information content (AvgIpc) is 2.39. The van der Waals surface area contributed by atoms with Crippen molar-refractivity contribution in [1.29, 1.82) is 0 Å². The van der Waals surface area contributed by atoms with Crippen molar-refractivity contribution in [2.24, 2.45) is 0 Å². The number of rotatable bonds is 4. The second kappa shape index (κ2) is 5.52. The van der Waals surface area contributed by atoms with Gasteiger partial charge in [-0.05, 0) is 24.6 Å². The third-order valence-corrected chi connectivity index (χ3v) is 2.89. The third-order valence-electron chi connectivity index (χ3n) is 2.89. The van der Waals surface area contributed by atoms with Crippen LogP contribution in [-0.2, 0) is 6.54 Å². The molecule has 98 valence electrons. The van der Waals surface area contributed by atoms with Gasteiger partial charge < -0.3 is 10.0 Å². The monoisotopic (exact) mass is 256 g/mol. The summed E-state index contributed by atoms with van der Waals surface area (Å²) < 4.78 is 0. The maximum absolute atomic E-state index is 10.9. The Morgan fingerprint density at radius 3 is 2.79 bits per heavy atom. The fourth-order valence-corrected chi connectivity index (χ4v) is 1.93. The molecule has 0 saturated carbocycles. The van der Waals surface area contributed by atoms with E-state index in [0.717, 1.165) is 0 Å². The second-order valence-corrected chi connectivity index (χ2v) is 4.55. The van der Waals surface area contributed by atoms with E-state index in [2.05, 4.69) is 11.1 Å². The van der Waals surface area contributed by atoms with Gasteiger partial charge in [0, 0.05) is 19.8 Å². The van der Waals surface area contributed by atoms with Crippen LogP contribution in [-0.4, -0.2) is 23.1 Å². The van der Waals surface area contributed by atoms with Crippen LogP contribution in [0, 0.1) is 6.92 Å². The molecule has 1 heterocycles. The topological polar surface area (TPSA) is 53.4 Å². The molecule has 0 atom stereocenters. The summed E-state index contributed by atoms with van der Waals surface area (Å²) in [6.45, 7) is 2.74. The van der Waals surface area contributed by atoms with Gasteiger partial charge in [-0.15, -0.1) is 0 Å². The SMILES string of the molecule is Cc1cccc(CN(C)c2cc(C(=O)O)ccn2)c1. The zero-order valence-corrected chi connectivity index (χ0v) is 11.0. The lowest BCUT2D eigenvalue weighted by Gasteiger charge is -2.18. The summed E-state index contributed by atoms with van der Waals surface area (Å²) >= 11 is 0. The van der Waals surface area contributed by atoms with Crippen LogP contribution in [0.2, 0.25) is 0 Å². The first kappa shape index (κ1) is 13.1. The molecule has 0 aliphatic heterocycles. The summed E-state index contributed by atoms with van der Waals surface area (Å²) in [5, 5.41) is 8.97. The molecule has 4 nitrogen and oxygen atoms in total. The highest BCUT2D eigenvalue weighted by Crippen LogP contribution is 2.15. The van der Waals surface area contributed by atoms with Gasteiger partial charge in [-0.1, -0.05) is 29.8 Å². The lowest BCUT2D eigenvalue weighted by molar-refractivity contribution is 0.0697. The number of nitrogens with zero attached hydrogens (tertiary/aromatic N) is 2. The Kier molecular flexibility index (Phi) is 3.80. The van der Waals surface area contributed by atoms with Crippen molar-refractivity contribution < 1.29 is 9.90 Å². The van der Waals surface area contributed by atoms with Crippen LogP contribution in [0.5, 0.6) is 0 Å². The minimum atomic E-state index is -0.937. The van der Waals surface area contributed by atoms with Crippen molar-refractivity contribution >= 4 is 11.8 Å². The zero-order valence-electron chi connectivity index (χ0n) is 11.0. The lowest BCUT2D eigenvalue weighted by atomic mass is 10.1. The normalized spacial score (nSPS) is 10.2. The summed E-state index contributed by atoms with van der Waals surface area (Å²) in [5.41, 5.74) is 2.63. The lowest BCUT2D eigenvalue weighted by Crippen LogP contribution is -2.18. The predicted molar refractivity (Wildman–Crippen MR) is 74.5 cm³/mol. The first-order valence-corrected chi connectivity index (χ1v) is 6.02. The summed E-state index contributed by atoms with van der Waals surface area (Å²) in [5.74, 6) is -0.283. The van der Waals surface area contributed by atoms with Gasteiger partial charge in [0.15, 0.2) is 0 Å². The predicted octanol–water partition coefficient (Wildman–Crippen LogP) is 2.72. The molecular formula is C15H16N2O2. The molecule has 0 unspecified atom stereocenters. The number of carbonyl (C=O) groups is 1. The molecule has 19 heavy (non-hydrogen) atoms. The highest BCUT2D eigenvalue weighted by molar-refractivity contribution is 5.88. The Bertz CT molecular complexity index is 596. The van der Waals surface area contributed by atoms with Crippen LogP contribution in [0.1, 0.15) is 21.5 Å². The molecule has 0 fully saturated rings. The van der Waals surface area contributed by atoms with Crippen LogP contribution in [0.25, 0.3) is 0 Å². The van der Waals surface area contributed by atoms with Gasteiger partial charge in [-0.3, -0.25) is 0 Å². The van der Waals surface area contributed by atoms with Gasteiger partial charge in [0.1, 0.15) is 5.82 Å². The van der Waals surface area contributed by atoms with Crippen molar-refractivity contribution in [3.8, 4) is 0 Å². The maximum Gasteiger partial charge on any atom is 0.335 e. The van der Waals surface area contributed by atoms with Gasteiger partial charge in [0.25, 0.3) is 0 Å². The van der Waals surface area contributed by atoms with Crippen LogP contribution < -0.4 is 4.90 Å². The highest BCUT2D eigenvalue weighted by atomic mass is 16.4. The van der Waals surface area contributed by atoms with Crippen molar-refractivity contribution in [3.63, 3.8) is 0 Å². The number of anilines is 1. The number of carboxylic acid groups (broad SMARTS) is 1. The van der Waals surface area contributed by atoms with E-state index in [1.807, 2.05) is 37.1 Å². The van der Waals surface area contributed by atoms with Crippen LogP contribution in [0.15, 0.2) is 42.6 Å². The maximum atomic E-state index is 10.9. The van der Waals surface area contributed by atoms with Crippen molar-refractivity contribution in [2.75, 3.05) is 11.9 Å². The van der Waals surface area contributed by atoms with E-state index in [1.54, 1.807) is 6.07 Å². The molecule has 0 aliphatic rings. The Balaban J connectivity index is 2.18. The quantitative estimate of drug-likeness (QED) is 0.913. The number of hydrogen-bond donors (Lipinski definition) is 1. The van der Waals surface area contributed by atoms with Crippen molar-refractivity contribution in [2.45, 2.75) is 13.5 Å². The average molecular weight is 256 g/mol. The molecule has 2 rings (SSSR count). The van der Waals surface area contributed by atoms with E-state index in [1.165, 1.54) is 23.4 Å². The van der Waals surface area contributed by atoms with E-state index in [4.69, 9.17) is 5.11 Å². The van der Waals surface area contributed by atoms with Crippen LogP contribution in [0.4, 0.5) is 5.82 Å². The smallest absolute Gasteiger partial charge is 0.335 e. The molecule has 0 aliphatic carbocycles. The number of aromatic nitrogens is 1. The largest absolute Gasteiger partial charge is 0.478 e. The number of pyridine rings is 1. The number of carboxylic acids is 1. The molecule has 0 bridgehead atoms. The van der Waals surface area contributed by atoms with Crippen molar-refractivity contribution in [1.82, 2.24) is 4.98 Å². The minimum absolute atomic E-state index is 0.251. The first-order valence-electron chi connectivity index (χ1n) is 6.02.